The highest BCUT2D eigenvalue weighted by Crippen LogP contribution is 2.30. The summed E-state index contributed by atoms with van der Waals surface area (Å²) in [4.78, 5) is 21.3. The Kier molecular flexibility index (Phi) is 5.89. The zero-order valence-corrected chi connectivity index (χ0v) is 19.7. The Hall–Kier alpha value is -3.56. The van der Waals surface area contributed by atoms with Crippen LogP contribution >= 0.6 is 23.1 Å². The van der Waals surface area contributed by atoms with Crippen molar-refractivity contribution in [2.75, 3.05) is 11.1 Å². The van der Waals surface area contributed by atoms with Crippen molar-refractivity contribution in [1.29, 1.82) is 0 Å². The molecule has 5 rings (SSSR count). The molecular weight excluding hydrogens is 452 g/mol. The van der Waals surface area contributed by atoms with Gasteiger partial charge in [0.25, 0.3) is 0 Å². The molecule has 0 aliphatic rings. The molecule has 3 aromatic heterocycles. The number of para-hydroxylation sites is 1. The Bertz CT molecular complexity index is 1440. The van der Waals surface area contributed by atoms with Gasteiger partial charge in [0.15, 0.2) is 16.1 Å². The summed E-state index contributed by atoms with van der Waals surface area (Å²) in [5, 5.41) is 13.0. The minimum atomic E-state index is -0.138. The molecule has 7 nitrogen and oxygen atoms in total. The number of nitrogens with one attached hydrogen (secondary N) is 1. The molecule has 9 heteroatoms. The monoisotopic (exact) mass is 472 g/mol. The van der Waals surface area contributed by atoms with Gasteiger partial charge < -0.3 is 5.32 Å². The highest BCUT2D eigenvalue weighted by atomic mass is 32.2. The molecule has 2 aromatic carbocycles. The van der Waals surface area contributed by atoms with E-state index in [1.807, 2.05) is 66.9 Å². The summed E-state index contributed by atoms with van der Waals surface area (Å²) in [6, 6.07) is 17.9. The van der Waals surface area contributed by atoms with Gasteiger partial charge in [-0.05, 0) is 55.3 Å². The first-order valence-electron chi connectivity index (χ1n) is 10.3. The van der Waals surface area contributed by atoms with Crippen LogP contribution in [0.2, 0.25) is 0 Å². The second-order valence-corrected chi connectivity index (χ2v) is 9.46. The van der Waals surface area contributed by atoms with Gasteiger partial charge in [-0.25, -0.2) is 4.98 Å². The number of anilines is 1. The summed E-state index contributed by atoms with van der Waals surface area (Å²) in [7, 11) is 0. The second-order valence-electron chi connectivity index (χ2n) is 7.49. The molecule has 3 heterocycles. The number of amides is 1. The third-order valence-electron chi connectivity index (χ3n) is 5.05. The first kappa shape index (κ1) is 21.3. The molecule has 0 fully saturated rings. The lowest BCUT2D eigenvalue weighted by atomic mass is 10.2. The van der Waals surface area contributed by atoms with Crippen LogP contribution in [0.4, 0.5) is 5.13 Å². The number of hydrogen-bond acceptors (Lipinski definition) is 7. The zero-order chi connectivity index (χ0) is 22.8. The minimum Gasteiger partial charge on any atom is -0.301 e. The smallest absolute Gasteiger partial charge is 0.236 e. The average molecular weight is 473 g/mol. The van der Waals surface area contributed by atoms with E-state index in [4.69, 9.17) is 0 Å². The van der Waals surface area contributed by atoms with Crippen LogP contribution in [0.25, 0.3) is 27.3 Å². The third kappa shape index (κ3) is 4.50. The molecule has 5 aromatic rings. The van der Waals surface area contributed by atoms with Gasteiger partial charge in [0, 0.05) is 18.0 Å². The molecule has 0 atom stereocenters. The van der Waals surface area contributed by atoms with Gasteiger partial charge >= 0.3 is 0 Å². The lowest BCUT2D eigenvalue weighted by Gasteiger charge is -2.12. The van der Waals surface area contributed by atoms with Crippen LogP contribution in [-0.4, -0.2) is 36.4 Å². The quantitative estimate of drug-likeness (QED) is 0.338. The van der Waals surface area contributed by atoms with Crippen molar-refractivity contribution in [2.24, 2.45) is 0 Å². The van der Waals surface area contributed by atoms with E-state index in [0.29, 0.717) is 16.1 Å². The number of pyridine rings is 1. The van der Waals surface area contributed by atoms with E-state index >= 15 is 0 Å². The maximum atomic E-state index is 12.7. The van der Waals surface area contributed by atoms with E-state index in [1.165, 1.54) is 28.7 Å². The van der Waals surface area contributed by atoms with E-state index in [-0.39, 0.29) is 11.7 Å². The van der Waals surface area contributed by atoms with Gasteiger partial charge in [-0.15, -0.1) is 10.2 Å². The van der Waals surface area contributed by atoms with E-state index in [1.54, 1.807) is 12.4 Å². The van der Waals surface area contributed by atoms with Crippen molar-refractivity contribution in [3.63, 3.8) is 0 Å². The fourth-order valence-corrected chi connectivity index (χ4v) is 5.18. The Morgan fingerprint density at radius 3 is 2.70 bits per heavy atom. The van der Waals surface area contributed by atoms with Crippen LogP contribution in [0.3, 0.4) is 0 Å². The number of rotatable bonds is 6. The van der Waals surface area contributed by atoms with Gasteiger partial charge in [0.1, 0.15) is 0 Å². The topological polar surface area (TPSA) is 85.6 Å². The van der Waals surface area contributed by atoms with Gasteiger partial charge in [-0.1, -0.05) is 47.4 Å². The first-order valence-corrected chi connectivity index (χ1v) is 12.1. The maximum absolute atomic E-state index is 12.7. The number of fused-ring (bicyclic) bond motifs is 1. The number of thioether (sulfide) groups is 1. The van der Waals surface area contributed by atoms with Crippen molar-refractivity contribution in [3.8, 4) is 17.1 Å². The Balaban J connectivity index is 1.39. The molecule has 0 aliphatic heterocycles. The van der Waals surface area contributed by atoms with Crippen molar-refractivity contribution >= 4 is 44.4 Å². The highest BCUT2D eigenvalue weighted by Gasteiger charge is 2.19. The third-order valence-corrected chi connectivity index (χ3v) is 6.91. The summed E-state index contributed by atoms with van der Waals surface area (Å²) in [6.07, 6.45) is 3.46. The normalized spacial score (nSPS) is 11.1. The lowest BCUT2D eigenvalue weighted by molar-refractivity contribution is -0.113. The molecule has 0 spiro atoms. The summed E-state index contributed by atoms with van der Waals surface area (Å²) < 4.78 is 3.04. The first-order chi connectivity index (χ1) is 16.1. The van der Waals surface area contributed by atoms with Gasteiger partial charge in [0.05, 0.1) is 21.7 Å². The number of hydrogen-bond donors (Lipinski definition) is 1. The van der Waals surface area contributed by atoms with Gasteiger partial charge in [-0.2, -0.15) is 0 Å². The lowest BCUT2D eigenvalue weighted by Crippen LogP contribution is -2.14. The molecular formula is C24H20N6OS2. The molecule has 0 saturated carbocycles. The summed E-state index contributed by atoms with van der Waals surface area (Å²) in [5.41, 5.74) is 5.01. The van der Waals surface area contributed by atoms with E-state index in [2.05, 4.69) is 31.5 Å². The fraction of sp³-hybridized carbons (Fsp3) is 0.125. The summed E-state index contributed by atoms with van der Waals surface area (Å²) in [6.45, 7) is 4.08. The number of nitrogens with zero attached hydrogens (tertiary/aromatic N) is 5. The van der Waals surface area contributed by atoms with E-state index in [0.717, 1.165) is 27.0 Å². The molecule has 0 aliphatic carbocycles. The molecule has 0 radical (unpaired) electrons. The number of carbonyl (C=O) groups is 1. The van der Waals surface area contributed by atoms with Crippen molar-refractivity contribution < 1.29 is 4.79 Å². The molecule has 0 bridgehead atoms. The number of benzene rings is 2. The van der Waals surface area contributed by atoms with E-state index < -0.39 is 0 Å². The van der Waals surface area contributed by atoms with E-state index in [9.17, 15) is 4.79 Å². The molecule has 0 saturated heterocycles. The summed E-state index contributed by atoms with van der Waals surface area (Å²) in [5.74, 6) is 0.756. The Labute approximate surface area is 198 Å². The van der Waals surface area contributed by atoms with Crippen molar-refractivity contribution in [2.45, 2.75) is 19.0 Å². The summed E-state index contributed by atoms with van der Waals surface area (Å²) >= 11 is 2.81. The predicted octanol–water partition coefficient (Wildman–Crippen LogP) is 5.29. The molecule has 1 N–H and O–H groups in total. The van der Waals surface area contributed by atoms with Crippen LogP contribution in [0.15, 0.2) is 72.1 Å². The fourth-order valence-electron chi connectivity index (χ4n) is 3.45. The molecule has 0 unspecified atom stereocenters. The number of aryl methyl sites for hydroxylation is 2. The van der Waals surface area contributed by atoms with Gasteiger partial charge in [0.2, 0.25) is 5.91 Å². The van der Waals surface area contributed by atoms with Crippen molar-refractivity contribution in [3.05, 3.63) is 78.1 Å². The van der Waals surface area contributed by atoms with Crippen LogP contribution < -0.4 is 5.32 Å². The average Bonchev–Trinajstić information content (AvgIpc) is 3.42. The standard InChI is InChI=1S/C24H20N6OS2/c1-15-7-8-18-20(13-15)33-23(26-18)27-21(31)14-32-24-29-28-22(17-9-11-25-12-10-17)30(24)19-6-4-3-5-16(19)2/h3-13H,14H2,1-2H3,(H,26,27,31). The zero-order valence-electron chi connectivity index (χ0n) is 18.0. The number of carbonyl (C=O) groups excluding carboxylic acids is 1. The number of thiazole rings is 1. The maximum Gasteiger partial charge on any atom is 0.236 e. The second kappa shape index (κ2) is 9.13. The van der Waals surface area contributed by atoms with Gasteiger partial charge in [-0.3, -0.25) is 14.3 Å². The molecule has 1 amide bonds. The number of aromatic nitrogens is 5. The predicted molar refractivity (Wildman–Crippen MR) is 133 cm³/mol. The van der Waals surface area contributed by atoms with Crippen LogP contribution in [0.5, 0.6) is 0 Å². The molecule has 33 heavy (non-hydrogen) atoms. The largest absolute Gasteiger partial charge is 0.301 e. The Morgan fingerprint density at radius 2 is 1.88 bits per heavy atom. The Morgan fingerprint density at radius 1 is 1.06 bits per heavy atom. The van der Waals surface area contributed by atoms with Crippen LogP contribution in [0, 0.1) is 13.8 Å². The van der Waals surface area contributed by atoms with Crippen LogP contribution in [-0.2, 0) is 4.79 Å². The van der Waals surface area contributed by atoms with Crippen LogP contribution in [0.1, 0.15) is 11.1 Å². The SMILES string of the molecule is Cc1ccc2nc(NC(=O)CSc3nnc(-c4ccncc4)n3-c3ccccc3C)sc2c1. The highest BCUT2D eigenvalue weighted by molar-refractivity contribution is 7.99. The van der Waals surface area contributed by atoms with Crippen molar-refractivity contribution in [1.82, 2.24) is 24.7 Å². The molecule has 164 valence electrons. The minimum absolute atomic E-state index is 0.138.